The van der Waals surface area contributed by atoms with Crippen molar-refractivity contribution in [3.63, 3.8) is 0 Å². The molecule has 0 saturated heterocycles. The molecule has 92 valence electrons. The second kappa shape index (κ2) is 4.59. The van der Waals surface area contributed by atoms with E-state index in [9.17, 15) is 0 Å². The van der Waals surface area contributed by atoms with Crippen molar-refractivity contribution in [1.82, 2.24) is 14.8 Å². The number of nitrogens with zero attached hydrogens (tertiary/aromatic N) is 3. The van der Waals surface area contributed by atoms with Gasteiger partial charge < -0.3 is 5.32 Å². The molecule has 4 nitrogen and oxygen atoms in total. The van der Waals surface area contributed by atoms with Crippen LogP contribution in [-0.2, 0) is 6.54 Å². The zero-order chi connectivity index (χ0) is 12.5. The van der Waals surface area contributed by atoms with Gasteiger partial charge in [-0.25, -0.2) is 4.98 Å². The summed E-state index contributed by atoms with van der Waals surface area (Å²) in [5, 5.41) is 9.09. The Kier molecular flexibility index (Phi) is 2.93. The van der Waals surface area contributed by atoms with Crippen LogP contribution in [0.4, 0.5) is 10.9 Å². The van der Waals surface area contributed by atoms with Gasteiger partial charge >= 0.3 is 0 Å². The van der Waals surface area contributed by atoms with Gasteiger partial charge in [-0.2, -0.15) is 5.10 Å². The minimum absolute atomic E-state index is 0.703. The van der Waals surface area contributed by atoms with Crippen LogP contribution >= 0.6 is 22.9 Å². The van der Waals surface area contributed by atoms with Gasteiger partial charge in [0.1, 0.15) is 0 Å². The molecule has 0 saturated carbocycles. The first kappa shape index (κ1) is 11.5. The van der Waals surface area contributed by atoms with E-state index in [-0.39, 0.29) is 0 Å². The van der Waals surface area contributed by atoms with Crippen LogP contribution in [0.1, 0.15) is 6.92 Å². The zero-order valence-corrected chi connectivity index (χ0v) is 11.3. The molecule has 3 aromatic rings. The quantitative estimate of drug-likeness (QED) is 0.790. The first-order chi connectivity index (χ1) is 8.74. The normalized spacial score (nSPS) is 11.0. The standard InChI is InChI=1S/C12H11ClN4S/c1-2-17-6-5-11(16-17)15-12-14-9-7-8(13)3-4-10(9)18-12/h3-7H,2H2,1H3,(H,14,15,16). The van der Waals surface area contributed by atoms with Crippen LogP contribution in [0.3, 0.4) is 0 Å². The molecule has 0 fully saturated rings. The van der Waals surface area contributed by atoms with Crippen LogP contribution in [-0.4, -0.2) is 14.8 Å². The first-order valence-corrected chi connectivity index (χ1v) is 6.80. The summed E-state index contributed by atoms with van der Waals surface area (Å²) in [5.41, 5.74) is 0.907. The first-order valence-electron chi connectivity index (χ1n) is 5.61. The number of anilines is 2. The summed E-state index contributed by atoms with van der Waals surface area (Å²) in [4.78, 5) is 4.48. The highest BCUT2D eigenvalue weighted by Gasteiger charge is 2.06. The zero-order valence-electron chi connectivity index (χ0n) is 9.72. The van der Waals surface area contributed by atoms with E-state index < -0.39 is 0 Å². The Morgan fingerprint density at radius 1 is 1.39 bits per heavy atom. The van der Waals surface area contributed by atoms with E-state index in [1.165, 1.54) is 0 Å². The molecule has 1 aromatic carbocycles. The van der Waals surface area contributed by atoms with Crippen LogP contribution in [0, 0.1) is 0 Å². The minimum Gasteiger partial charge on any atom is -0.315 e. The highest BCUT2D eigenvalue weighted by atomic mass is 35.5. The maximum absolute atomic E-state index is 5.94. The smallest absolute Gasteiger partial charge is 0.189 e. The average molecular weight is 279 g/mol. The van der Waals surface area contributed by atoms with Crippen LogP contribution in [0.5, 0.6) is 0 Å². The van der Waals surface area contributed by atoms with Crippen LogP contribution in [0.15, 0.2) is 30.5 Å². The van der Waals surface area contributed by atoms with Crippen molar-refractivity contribution in [3.05, 3.63) is 35.5 Å². The van der Waals surface area contributed by atoms with E-state index in [0.29, 0.717) is 5.02 Å². The number of halogens is 1. The van der Waals surface area contributed by atoms with Crippen molar-refractivity contribution in [2.24, 2.45) is 0 Å². The van der Waals surface area contributed by atoms with E-state index in [0.717, 1.165) is 27.7 Å². The second-order valence-electron chi connectivity index (χ2n) is 3.81. The van der Waals surface area contributed by atoms with Gasteiger partial charge in [-0.1, -0.05) is 22.9 Å². The Hall–Kier alpha value is -1.59. The summed E-state index contributed by atoms with van der Waals surface area (Å²) in [7, 11) is 0. The van der Waals surface area contributed by atoms with Crippen molar-refractivity contribution >= 4 is 44.1 Å². The fourth-order valence-corrected chi connectivity index (χ4v) is 2.69. The molecule has 0 unspecified atom stereocenters. The molecular formula is C12H11ClN4S. The number of aryl methyl sites for hydroxylation is 1. The number of benzene rings is 1. The highest BCUT2D eigenvalue weighted by Crippen LogP contribution is 2.29. The predicted octanol–water partition coefficient (Wildman–Crippen LogP) is 3.91. The molecule has 0 bridgehead atoms. The third-order valence-electron chi connectivity index (χ3n) is 2.55. The Bertz CT molecular complexity index is 688. The van der Waals surface area contributed by atoms with Crippen molar-refractivity contribution < 1.29 is 0 Å². The molecule has 0 aliphatic rings. The number of hydrogen-bond acceptors (Lipinski definition) is 4. The van der Waals surface area contributed by atoms with Crippen molar-refractivity contribution in [2.45, 2.75) is 13.5 Å². The predicted molar refractivity (Wildman–Crippen MR) is 75.8 cm³/mol. The lowest BCUT2D eigenvalue weighted by molar-refractivity contribution is 0.662. The molecular weight excluding hydrogens is 268 g/mol. The van der Waals surface area contributed by atoms with Gasteiger partial charge in [0.05, 0.1) is 10.2 Å². The lowest BCUT2D eigenvalue weighted by atomic mass is 10.3. The Morgan fingerprint density at radius 3 is 3.06 bits per heavy atom. The number of fused-ring (bicyclic) bond motifs is 1. The average Bonchev–Trinajstić information content (AvgIpc) is 2.95. The Labute approximate surface area is 113 Å². The summed E-state index contributed by atoms with van der Waals surface area (Å²) in [5.74, 6) is 0.807. The molecule has 18 heavy (non-hydrogen) atoms. The molecule has 2 heterocycles. The molecule has 0 aliphatic heterocycles. The second-order valence-corrected chi connectivity index (χ2v) is 5.28. The van der Waals surface area contributed by atoms with E-state index in [4.69, 9.17) is 11.6 Å². The molecule has 0 spiro atoms. The van der Waals surface area contributed by atoms with Gasteiger partial charge in [0.2, 0.25) is 0 Å². The van der Waals surface area contributed by atoms with Crippen LogP contribution in [0.25, 0.3) is 10.2 Å². The van der Waals surface area contributed by atoms with Gasteiger partial charge in [-0.05, 0) is 25.1 Å². The van der Waals surface area contributed by atoms with Gasteiger partial charge in [0.15, 0.2) is 10.9 Å². The summed E-state index contributed by atoms with van der Waals surface area (Å²) in [6.45, 7) is 2.91. The molecule has 1 N–H and O–H groups in total. The van der Waals surface area contributed by atoms with Gasteiger partial charge in [0, 0.05) is 23.8 Å². The van der Waals surface area contributed by atoms with Gasteiger partial charge in [0.25, 0.3) is 0 Å². The number of hydrogen-bond donors (Lipinski definition) is 1. The third-order valence-corrected chi connectivity index (χ3v) is 3.74. The SMILES string of the molecule is CCn1ccc(Nc2nc3cc(Cl)ccc3s2)n1. The lowest BCUT2D eigenvalue weighted by Gasteiger charge is -1.96. The Morgan fingerprint density at radius 2 is 2.28 bits per heavy atom. The van der Waals surface area contributed by atoms with Crippen molar-refractivity contribution in [1.29, 1.82) is 0 Å². The molecule has 6 heteroatoms. The summed E-state index contributed by atoms with van der Waals surface area (Å²) in [6, 6.07) is 7.65. The Balaban J connectivity index is 1.90. The number of nitrogens with one attached hydrogen (secondary N) is 1. The maximum Gasteiger partial charge on any atom is 0.189 e. The van der Waals surface area contributed by atoms with Crippen LogP contribution < -0.4 is 5.32 Å². The molecule has 0 radical (unpaired) electrons. The molecule has 3 rings (SSSR count). The molecule has 0 amide bonds. The minimum atomic E-state index is 0.703. The third kappa shape index (κ3) is 2.19. The van der Waals surface area contributed by atoms with E-state index >= 15 is 0 Å². The van der Waals surface area contributed by atoms with Gasteiger partial charge in [-0.15, -0.1) is 0 Å². The summed E-state index contributed by atoms with van der Waals surface area (Å²) in [6.07, 6.45) is 1.94. The molecule has 0 aliphatic carbocycles. The molecule has 0 atom stereocenters. The van der Waals surface area contributed by atoms with Crippen molar-refractivity contribution in [3.8, 4) is 0 Å². The fraction of sp³-hybridized carbons (Fsp3) is 0.167. The number of thiazole rings is 1. The van der Waals surface area contributed by atoms with E-state index in [2.05, 4.69) is 22.3 Å². The monoisotopic (exact) mass is 278 g/mol. The van der Waals surface area contributed by atoms with Crippen LogP contribution in [0.2, 0.25) is 5.02 Å². The van der Waals surface area contributed by atoms with Crippen molar-refractivity contribution in [2.75, 3.05) is 5.32 Å². The van der Waals surface area contributed by atoms with E-state index in [1.54, 1.807) is 11.3 Å². The number of aromatic nitrogens is 3. The summed E-state index contributed by atoms with van der Waals surface area (Å²) >= 11 is 7.53. The fourth-order valence-electron chi connectivity index (χ4n) is 1.67. The lowest BCUT2D eigenvalue weighted by Crippen LogP contribution is -1.96. The summed E-state index contributed by atoms with van der Waals surface area (Å²) < 4.78 is 2.98. The highest BCUT2D eigenvalue weighted by molar-refractivity contribution is 7.22. The van der Waals surface area contributed by atoms with Gasteiger partial charge in [-0.3, -0.25) is 4.68 Å². The molecule has 2 aromatic heterocycles. The number of rotatable bonds is 3. The largest absolute Gasteiger partial charge is 0.315 e. The maximum atomic E-state index is 5.94. The topological polar surface area (TPSA) is 42.7 Å². The van der Waals surface area contributed by atoms with E-state index in [1.807, 2.05) is 35.1 Å².